The Kier molecular flexibility index (Phi) is 34.9. The van der Waals surface area contributed by atoms with Gasteiger partial charge in [0.25, 0.3) is 24.6 Å². The van der Waals surface area contributed by atoms with E-state index in [0.29, 0.717) is 5.56 Å². The first kappa shape index (κ1) is 93.5. The first-order valence-corrected chi connectivity index (χ1v) is 36.8. The smallest absolute Gasteiger partial charge is 0.364 e. The molecule has 7 aliphatic rings. The average Bonchev–Trinajstić information content (AvgIpc) is 0.753. The number of carboxylic acids is 1. The number of carboxylic acid groups (broad SMARTS) is 1. The number of rotatable bonds is 38. The lowest BCUT2D eigenvalue weighted by Gasteiger charge is -2.51. The Hall–Kier alpha value is -6.02. The van der Waals surface area contributed by atoms with Crippen molar-refractivity contribution in [1.82, 2.24) is 21.3 Å². The topological polar surface area (TPSA) is 687 Å². The zero-order valence-corrected chi connectivity index (χ0v) is 62.5. The molecule has 1 aromatic rings. The van der Waals surface area contributed by atoms with Crippen LogP contribution < -0.4 is 21.3 Å². The number of ketones is 1. The Morgan fingerprint density at radius 2 is 1.06 bits per heavy atom. The summed E-state index contributed by atoms with van der Waals surface area (Å²) in [5, 5.41) is 209. The van der Waals surface area contributed by atoms with Crippen LogP contribution in [-0.2, 0) is 111 Å². The molecule has 45 heteroatoms. The molecule has 1 aromatic carbocycles. The molecule has 8 rings (SSSR count). The predicted octanol–water partition coefficient (Wildman–Crippen LogP) is -11.8. The molecule has 13 unspecified atom stereocenters. The maximum Gasteiger partial charge on any atom is 0.364 e. The van der Waals surface area contributed by atoms with Gasteiger partial charge < -0.3 is 184 Å². The van der Waals surface area contributed by atoms with E-state index in [1.807, 2.05) is 0 Å². The summed E-state index contributed by atoms with van der Waals surface area (Å²) in [4.78, 5) is 101. The van der Waals surface area contributed by atoms with Gasteiger partial charge >= 0.3 is 5.97 Å². The minimum Gasteiger partial charge on any atom is -0.477 e. The maximum atomic E-state index is 13.7. The van der Waals surface area contributed by atoms with E-state index in [4.69, 9.17) is 71.1 Å². The molecule has 0 bridgehead atoms. The summed E-state index contributed by atoms with van der Waals surface area (Å²) in [6.45, 7) is -2.01. The van der Waals surface area contributed by atoms with Crippen LogP contribution in [0.15, 0.2) is 24.3 Å². The summed E-state index contributed by atoms with van der Waals surface area (Å²) >= 11 is 0. The van der Waals surface area contributed by atoms with Crippen molar-refractivity contribution in [2.24, 2.45) is 17.8 Å². The molecule has 45 nitrogen and oxygen atoms in total. The first-order valence-electron chi connectivity index (χ1n) is 36.8. The molecule has 2 saturated carbocycles. The molecular formula is C69H106N4O41. The minimum absolute atomic E-state index is 0.0640. The van der Waals surface area contributed by atoms with Gasteiger partial charge in [-0.25, -0.2) is 4.79 Å². The number of carbonyl (C=O) groups excluding carboxylic acids is 7. The van der Waals surface area contributed by atoms with Crippen molar-refractivity contribution in [2.45, 2.75) is 268 Å². The molecule has 36 atom stereocenters. The lowest BCUT2D eigenvalue weighted by molar-refractivity contribution is -0.398. The third kappa shape index (κ3) is 22.1. The number of amides is 4. The second kappa shape index (κ2) is 42.6. The fourth-order valence-electron chi connectivity index (χ4n) is 15.2. The quantitative estimate of drug-likeness (QED) is 0.0216. The van der Waals surface area contributed by atoms with Crippen molar-refractivity contribution in [3.63, 3.8) is 0 Å². The van der Waals surface area contributed by atoms with Crippen LogP contribution in [0, 0.1) is 17.8 Å². The van der Waals surface area contributed by atoms with E-state index in [0.717, 1.165) is 13.8 Å². The number of methoxy groups -OCH3 is 2. The summed E-state index contributed by atoms with van der Waals surface area (Å²) < 4.78 is 85.1. The van der Waals surface area contributed by atoms with Crippen LogP contribution in [-0.4, -0.2) is 403 Å². The van der Waals surface area contributed by atoms with Gasteiger partial charge in [-0.05, 0) is 43.4 Å². The molecule has 4 amide bonds. The van der Waals surface area contributed by atoms with Gasteiger partial charge in [0.2, 0.25) is 30.3 Å². The molecule has 5 saturated heterocycles. The van der Waals surface area contributed by atoms with Gasteiger partial charge in [0.15, 0.2) is 37.4 Å². The molecule has 0 radical (unpaired) electrons. The van der Waals surface area contributed by atoms with Crippen LogP contribution in [0.1, 0.15) is 75.2 Å². The second-order valence-electron chi connectivity index (χ2n) is 28.8. The van der Waals surface area contributed by atoms with Crippen molar-refractivity contribution in [3.05, 3.63) is 35.4 Å². The van der Waals surface area contributed by atoms with Gasteiger partial charge in [-0.3, -0.25) is 33.6 Å². The van der Waals surface area contributed by atoms with E-state index in [2.05, 4.69) is 21.3 Å². The number of carbonyl (C=O) groups is 8. The lowest BCUT2D eigenvalue weighted by Crippen LogP contribution is -2.70. The predicted molar refractivity (Wildman–Crippen MR) is 366 cm³/mol. The number of aliphatic carboxylic acids is 1. The van der Waals surface area contributed by atoms with Crippen LogP contribution in [0.2, 0.25) is 0 Å². The van der Waals surface area contributed by atoms with Gasteiger partial charge in [0.05, 0.1) is 69.1 Å². The van der Waals surface area contributed by atoms with E-state index >= 15 is 0 Å². The zero-order chi connectivity index (χ0) is 83.9. The van der Waals surface area contributed by atoms with Gasteiger partial charge in [0, 0.05) is 97.3 Å². The maximum absolute atomic E-state index is 13.7. The van der Waals surface area contributed by atoms with Crippen LogP contribution in [0.25, 0.3) is 0 Å². The van der Waals surface area contributed by atoms with Gasteiger partial charge in [-0.2, -0.15) is 0 Å². The van der Waals surface area contributed by atoms with Gasteiger partial charge in [-0.1, -0.05) is 12.1 Å². The highest BCUT2D eigenvalue weighted by Crippen LogP contribution is 2.44. The Labute approximate surface area is 650 Å². The summed E-state index contributed by atoms with van der Waals surface area (Å²) in [6, 6.07) is 1.68. The summed E-state index contributed by atoms with van der Waals surface area (Å²) in [5.41, 5.74) is 0.749. The minimum atomic E-state index is -3.09. The first-order chi connectivity index (χ1) is 54.2. The second-order valence-corrected chi connectivity index (χ2v) is 28.8. The zero-order valence-electron chi connectivity index (χ0n) is 62.5. The van der Waals surface area contributed by atoms with Crippen LogP contribution in [0.4, 0.5) is 0 Å². The Bertz CT molecular complexity index is 3270. The Morgan fingerprint density at radius 3 is 1.57 bits per heavy atom. The Balaban J connectivity index is 0.828. The summed E-state index contributed by atoms with van der Waals surface area (Å²) in [6.07, 6.45) is -55.1. The molecular weight excluding hydrogens is 1540 g/mol. The molecule has 22 N–H and O–H groups in total. The normalized spacial score (nSPS) is 40.4. The van der Waals surface area contributed by atoms with E-state index in [9.17, 15) is 130 Å². The van der Waals surface area contributed by atoms with Crippen LogP contribution >= 0.6 is 0 Å². The van der Waals surface area contributed by atoms with Crippen molar-refractivity contribution >= 4 is 48.3 Å². The molecule has 0 spiro atoms. The number of ether oxygens (including phenoxy) is 15. The molecule has 7 fully saturated rings. The number of benzene rings is 1. The molecule has 5 heterocycles. The molecule has 2 aliphatic carbocycles. The number of hydrogen-bond donors (Lipinski definition) is 22. The molecule has 0 aromatic heterocycles. The van der Waals surface area contributed by atoms with Crippen molar-refractivity contribution in [3.8, 4) is 0 Å². The summed E-state index contributed by atoms with van der Waals surface area (Å²) in [5.74, 6) is -12.0. The third-order valence-corrected chi connectivity index (χ3v) is 21.2. The number of aliphatic hydroxyl groups excluding tert-OH is 17. The van der Waals surface area contributed by atoms with Gasteiger partial charge in [0.1, 0.15) is 109 Å². The van der Waals surface area contributed by atoms with Crippen molar-refractivity contribution in [2.75, 3.05) is 60.4 Å². The Morgan fingerprint density at radius 1 is 0.553 bits per heavy atom. The average molecular weight is 1650 g/mol. The SMILES string of the molecule is CO[C@H]1CC(CO)[C@H](O)[C@H](O[C@@H]2CC(CO)[C@H](O)[C@H](O[C@]3(C(=O)O)C[C@@H](O)[C@@H](CC(=O)CCCc4ccc(C(=O)NCCO[C@@H]5OC(OC=O)[C@@H](O[C@H]6OC(CO)[C@@H](O[C@@H]7OC(OC=O)[C@@H](O[C@H]8OC(CO)[C@@H](OC)[C@H](O)C8NC(C)=O)[C@H](O)C7O)[C@H](O)C6NC(C)=O)[C@H](O)C5O)cc4)C([C@H](O)[C@H](O)CO)O3)C2O)C1NC(C)=O. The largest absolute Gasteiger partial charge is 0.477 e. The van der Waals surface area contributed by atoms with E-state index in [1.165, 1.54) is 33.3 Å². The lowest BCUT2D eigenvalue weighted by atomic mass is 9.77. The number of aliphatic hydroxyl groups is 17. The van der Waals surface area contributed by atoms with Crippen LogP contribution in [0.5, 0.6) is 0 Å². The summed E-state index contributed by atoms with van der Waals surface area (Å²) in [7, 11) is 2.51. The highest BCUT2D eigenvalue weighted by Gasteiger charge is 2.62. The fourth-order valence-corrected chi connectivity index (χ4v) is 15.2. The fraction of sp³-hybridized carbons (Fsp3) is 0.797. The van der Waals surface area contributed by atoms with E-state index in [-0.39, 0.29) is 57.2 Å². The monoisotopic (exact) mass is 1650 g/mol. The highest BCUT2D eigenvalue weighted by atomic mass is 16.8. The number of hydrogen-bond acceptors (Lipinski definition) is 40. The number of Topliss-reactive ketones (excluding diaryl/α,β-unsaturated/α-hetero) is 1. The number of aryl methyl sites for hydroxylation is 1. The van der Waals surface area contributed by atoms with E-state index in [1.54, 1.807) is 12.1 Å². The van der Waals surface area contributed by atoms with E-state index < -0.39 is 308 Å². The van der Waals surface area contributed by atoms with Crippen molar-refractivity contribution in [1.29, 1.82) is 0 Å². The van der Waals surface area contributed by atoms with Gasteiger partial charge in [-0.15, -0.1) is 0 Å². The molecule has 114 heavy (non-hydrogen) atoms. The standard InChI is InChI=1S/C69H106N4O41/c1-26(81)71-41-37(100-4)15-31(19-74)44(87)57(41)105-38-16-32(20-75)45(88)58(47(38)90)114-69(68(98)99)18-35(85)34(54(113-69)46(89)36(86)21-76)17-33(84)8-6-7-29-9-11-30(12-10-29)61(97)70-13-14-102-64-52(95)50(93)59(66(111-64)103-24-79)109-63-43(73-28(3)83)49(92)56(40(23-78)107-63)108-65-53(96)51(94)60(67(112-65)104-25-80)110-62-42(72-27(2)82)48(91)55(101-5)39(22-77)106-62/h9-12,24-25,31-32,34-60,62-67,74-78,85-96H,6-8,13-23H2,1-5H3,(H,70,97)(H,71,81)(H,72,82)(H,73,83)(H,98,99)/t31?,32?,34-,35-,36-,37+,38-,39?,40?,41?,42?,43?,44+,45+,46-,47?,48-,49-,50-,51-,52?,53?,54?,55-,56-,57-,58+,59+,60+,62-,63-,64-,65-,66?,67?,69+/m1/s1. The highest BCUT2D eigenvalue weighted by molar-refractivity contribution is 5.94. The van der Waals surface area contributed by atoms with Crippen LogP contribution in [0.3, 0.4) is 0 Å². The molecule has 648 valence electrons. The van der Waals surface area contributed by atoms with Crippen molar-refractivity contribution < 1.29 is 201 Å². The molecule has 5 aliphatic heterocycles. The number of nitrogens with one attached hydrogen (secondary N) is 4. The third-order valence-electron chi connectivity index (χ3n) is 21.2.